The molecule has 1 atom stereocenters. The van der Waals surface area contributed by atoms with Crippen molar-refractivity contribution in [3.05, 3.63) is 70.0 Å². The van der Waals surface area contributed by atoms with E-state index in [0.717, 1.165) is 6.26 Å². The van der Waals surface area contributed by atoms with Gasteiger partial charge in [-0.1, -0.05) is 35.9 Å². The van der Waals surface area contributed by atoms with E-state index >= 15 is 0 Å². The Labute approximate surface area is 198 Å². The van der Waals surface area contributed by atoms with Gasteiger partial charge in [0, 0.05) is 29.9 Å². The van der Waals surface area contributed by atoms with Crippen molar-refractivity contribution in [3.63, 3.8) is 0 Å². The fourth-order valence-electron chi connectivity index (χ4n) is 2.72. The van der Waals surface area contributed by atoms with Crippen molar-refractivity contribution < 1.29 is 17.9 Å². The van der Waals surface area contributed by atoms with Gasteiger partial charge in [0.15, 0.2) is 15.8 Å². The van der Waals surface area contributed by atoms with Gasteiger partial charge >= 0.3 is 0 Å². The molecule has 2 aromatic carbocycles. The third-order valence-corrected chi connectivity index (χ3v) is 5.24. The van der Waals surface area contributed by atoms with Gasteiger partial charge in [0.1, 0.15) is 5.82 Å². The molecular weight excluding hydrogens is 544 g/mol. The summed E-state index contributed by atoms with van der Waals surface area (Å²) >= 11 is 6.10. The van der Waals surface area contributed by atoms with Crippen molar-refractivity contribution in [3.8, 4) is 0 Å². The highest BCUT2D eigenvalue weighted by Gasteiger charge is 2.13. The summed E-state index contributed by atoms with van der Waals surface area (Å²) in [6, 6.07) is 11.0. The third-order valence-electron chi connectivity index (χ3n) is 4.06. The van der Waals surface area contributed by atoms with Crippen molar-refractivity contribution in [1.82, 2.24) is 10.6 Å². The molecule has 0 amide bonds. The topological polar surface area (TPSA) is 90.8 Å². The number of aliphatic hydroxyl groups is 1. The van der Waals surface area contributed by atoms with Crippen LogP contribution < -0.4 is 10.6 Å². The van der Waals surface area contributed by atoms with Crippen LogP contribution in [0, 0.1) is 5.82 Å². The zero-order valence-electron chi connectivity index (χ0n) is 16.7. The fourth-order valence-corrected chi connectivity index (χ4v) is 3.83. The molecule has 0 heterocycles. The Hall–Kier alpha value is -1.43. The summed E-state index contributed by atoms with van der Waals surface area (Å²) in [6.07, 6.45) is 0.285. The van der Waals surface area contributed by atoms with Crippen LogP contribution in [-0.4, -0.2) is 38.8 Å². The molecule has 6 nitrogen and oxygen atoms in total. The first-order valence-corrected chi connectivity index (χ1v) is 11.5. The SMILES string of the molecule is CCNC(=NCc1cc(F)ccc1CS(C)(=O)=O)NCC(O)c1ccccc1Cl.I. The van der Waals surface area contributed by atoms with Gasteiger partial charge in [0.05, 0.1) is 18.4 Å². The standard InChI is InChI=1S/C20H25ClFN3O3S.HI/c1-3-23-20(25-12-19(26)17-6-4-5-7-18(17)21)24-11-15-10-16(22)9-8-14(15)13-29(2,27)28;/h4-10,19,26H,3,11-13H2,1-2H3,(H2,23,24,25);1H. The van der Waals surface area contributed by atoms with Crippen LogP contribution in [0.4, 0.5) is 4.39 Å². The van der Waals surface area contributed by atoms with Crippen LogP contribution in [0.1, 0.15) is 29.7 Å². The molecule has 0 aliphatic carbocycles. The minimum Gasteiger partial charge on any atom is -0.387 e. The highest BCUT2D eigenvalue weighted by atomic mass is 127. The molecule has 0 fully saturated rings. The zero-order valence-corrected chi connectivity index (χ0v) is 20.6. The first kappa shape index (κ1) is 26.6. The number of halogens is 3. The number of hydrogen-bond donors (Lipinski definition) is 3. The van der Waals surface area contributed by atoms with Crippen molar-refractivity contribution in [1.29, 1.82) is 0 Å². The predicted octanol–water partition coefficient (Wildman–Crippen LogP) is 3.43. The number of rotatable bonds is 8. The Balaban J connectivity index is 0.00000450. The van der Waals surface area contributed by atoms with Crippen LogP contribution in [0.5, 0.6) is 0 Å². The van der Waals surface area contributed by atoms with Gasteiger partial charge in [0.25, 0.3) is 0 Å². The van der Waals surface area contributed by atoms with E-state index in [1.54, 1.807) is 24.3 Å². The van der Waals surface area contributed by atoms with Crippen molar-refractivity contribution in [2.75, 3.05) is 19.3 Å². The maximum absolute atomic E-state index is 13.7. The van der Waals surface area contributed by atoms with E-state index in [-0.39, 0.29) is 42.8 Å². The molecule has 0 saturated heterocycles. The lowest BCUT2D eigenvalue weighted by molar-refractivity contribution is 0.181. The maximum atomic E-state index is 13.7. The number of aliphatic imine (C=N–C) groups is 1. The molecule has 30 heavy (non-hydrogen) atoms. The zero-order chi connectivity index (χ0) is 21.4. The molecule has 2 aromatic rings. The average Bonchev–Trinajstić information content (AvgIpc) is 2.65. The molecule has 2 rings (SSSR count). The van der Waals surface area contributed by atoms with Crippen LogP contribution in [0.15, 0.2) is 47.5 Å². The van der Waals surface area contributed by atoms with Crippen LogP contribution in [0.25, 0.3) is 0 Å². The van der Waals surface area contributed by atoms with E-state index in [1.165, 1.54) is 18.2 Å². The molecule has 0 spiro atoms. The summed E-state index contributed by atoms with van der Waals surface area (Å²) in [5.74, 6) is -0.236. The van der Waals surface area contributed by atoms with E-state index in [1.807, 2.05) is 6.92 Å². The number of nitrogens with zero attached hydrogens (tertiary/aromatic N) is 1. The normalized spacial score (nSPS) is 12.8. The average molecular weight is 570 g/mol. The third kappa shape index (κ3) is 8.75. The molecule has 166 valence electrons. The minimum atomic E-state index is -3.27. The molecule has 0 aliphatic heterocycles. The molecule has 3 N–H and O–H groups in total. The number of aliphatic hydroxyl groups excluding tert-OH is 1. The maximum Gasteiger partial charge on any atom is 0.191 e. The van der Waals surface area contributed by atoms with Gasteiger partial charge in [-0.3, -0.25) is 0 Å². The van der Waals surface area contributed by atoms with E-state index in [0.29, 0.717) is 34.2 Å². The number of nitrogens with one attached hydrogen (secondary N) is 2. The smallest absolute Gasteiger partial charge is 0.191 e. The summed E-state index contributed by atoms with van der Waals surface area (Å²) in [4.78, 5) is 4.39. The van der Waals surface area contributed by atoms with E-state index in [4.69, 9.17) is 11.6 Å². The lowest BCUT2D eigenvalue weighted by atomic mass is 10.1. The monoisotopic (exact) mass is 569 g/mol. The first-order chi connectivity index (χ1) is 13.7. The number of benzene rings is 2. The Morgan fingerprint density at radius 2 is 1.90 bits per heavy atom. The van der Waals surface area contributed by atoms with Gasteiger partial charge in [-0.25, -0.2) is 17.8 Å². The van der Waals surface area contributed by atoms with Crippen LogP contribution in [0.3, 0.4) is 0 Å². The Kier molecular flexibility index (Phi) is 11.0. The highest BCUT2D eigenvalue weighted by molar-refractivity contribution is 14.0. The van der Waals surface area contributed by atoms with E-state index < -0.39 is 21.8 Å². The van der Waals surface area contributed by atoms with Crippen LogP contribution in [0.2, 0.25) is 5.02 Å². The summed E-state index contributed by atoms with van der Waals surface area (Å²) < 4.78 is 36.9. The summed E-state index contributed by atoms with van der Waals surface area (Å²) in [5, 5.41) is 16.9. The number of sulfone groups is 1. The predicted molar refractivity (Wildman–Crippen MR) is 130 cm³/mol. The lowest BCUT2D eigenvalue weighted by Crippen LogP contribution is -2.39. The summed E-state index contributed by atoms with van der Waals surface area (Å²) in [5.41, 5.74) is 1.59. The number of hydrogen-bond acceptors (Lipinski definition) is 4. The Morgan fingerprint density at radius 3 is 2.53 bits per heavy atom. The van der Waals surface area contributed by atoms with Crippen molar-refractivity contribution in [2.24, 2.45) is 4.99 Å². The highest BCUT2D eigenvalue weighted by Crippen LogP contribution is 2.22. The minimum absolute atomic E-state index is 0. The lowest BCUT2D eigenvalue weighted by Gasteiger charge is -2.16. The second-order valence-electron chi connectivity index (χ2n) is 6.60. The quantitative estimate of drug-likeness (QED) is 0.258. The van der Waals surface area contributed by atoms with Gasteiger partial charge in [-0.15, -0.1) is 24.0 Å². The Morgan fingerprint density at radius 1 is 1.20 bits per heavy atom. The van der Waals surface area contributed by atoms with E-state index in [9.17, 15) is 17.9 Å². The molecule has 1 unspecified atom stereocenters. The molecule has 0 aromatic heterocycles. The molecule has 0 radical (unpaired) electrons. The number of guanidine groups is 1. The molecule has 0 bridgehead atoms. The second-order valence-corrected chi connectivity index (χ2v) is 9.14. The molecular formula is C20H26ClFIN3O3S. The van der Waals surface area contributed by atoms with Gasteiger partial charge in [-0.2, -0.15) is 0 Å². The van der Waals surface area contributed by atoms with Crippen molar-refractivity contribution in [2.45, 2.75) is 25.3 Å². The first-order valence-electron chi connectivity index (χ1n) is 9.09. The molecule has 10 heteroatoms. The molecule has 0 aliphatic rings. The van der Waals surface area contributed by atoms with Crippen molar-refractivity contribution >= 4 is 51.4 Å². The molecule has 0 saturated carbocycles. The Bertz CT molecular complexity index is 974. The summed E-state index contributed by atoms with van der Waals surface area (Å²) in [7, 11) is -3.27. The fraction of sp³-hybridized carbons (Fsp3) is 0.350. The largest absolute Gasteiger partial charge is 0.387 e. The summed E-state index contributed by atoms with van der Waals surface area (Å²) in [6.45, 7) is 2.71. The van der Waals surface area contributed by atoms with Gasteiger partial charge in [-0.05, 0) is 36.2 Å². The van der Waals surface area contributed by atoms with Crippen LogP contribution >= 0.6 is 35.6 Å². The van der Waals surface area contributed by atoms with Crippen LogP contribution in [-0.2, 0) is 22.1 Å². The van der Waals surface area contributed by atoms with Gasteiger partial charge < -0.3 is 15.7 Å². The van der Waals surface area contributed by atoms with E-state index in [2.05, 4.69) is 15.6 Å². The second kappa shape index (κ2) is 12.4. The van der Waals surface area contributed by atoms with Gasteiger partial charge in [0.2, 0.25) is 0 Å².